The lowest BCUT2D eigenvalue weighted by atomic mass is 10.3. The second-order valence-electron chi connectivity index (χ2n) is 1.66. The van der Waals surface area contributed by atoms with Crippen LogP contribution in [0.2, 0.25) is 0 Å². The van der Waals surface area contributed by atoms with Crippen molar-refractivity contribution in [3.8, 4) is 0 Å². The first kappa shape index (κ1) is 9.21. The Labute approximate surface area is 61.9 Å². The van der Waals surface area contributed by atoms with Crippen molar-refractivity contribution in [2.75, 3.05) is 6.61 Å². The van der Waals surface area contributed by atoms with Gasteiger partial charge in [0, 0.05) is 0 Å². The molecule has 56 valence electrons. The largest absolute Gasteiger partial charge is 0.466 e. The SMILES string of the molecule is [CH2]C=CC[CH]C(=O)OCC. The topological polar surface area (TPSA) is 26.3 Å². The Kier molecular flexibility index (Phi) is 5.83. The maximum Gasteiger partial charge on any atom is 0.310 e. The van der Waals surface area contributed by atoms with E-state index in [1.54, 1.807) is 19.1 Å². The number of allylic oxidation sites excluding steroid dienone is 2. The molecule has 0 N–H and O–H groups in total. The first-order valence-corrected chi connectivity index (χ1v) is 3.25. The minimum absolute atomic E-state index is 0.263. The molecule has 0 spiro atoms. The zero-order chi connectivity index (χ0) is 7.82. The van der Waals surface area contributed by atoms with E-state index >= 15 is 0 Å². The molecular weight excluding hydrogens is 128 g/mol. The third-order valence-electron chi connectivity index (χ3n) is 0.874. The molecule has 2 radical (unpaired) electrons. The van der Waals surface area contributed by atoms with E-state index in [-0.39, 0.29) is 5.97 Å². The maximum atomic E-state index is 10.6. The minimum atomic E-state index is -0.263. The van der Waals surface area contributed by atoms with E-state index in [0.717, 1.165) is 0 Å². The van der Waals surface area contributed by atoms with Crippen LogP contribution >= 0.6 is 0 Å². The highest BCUT2D eigenvalue weighted by molar-refractivity contribution is 5.78. The van der Waals surface area contributed by atoms with Crippen molar-refractivity contribution in [2.24, 2.45) is 0 Å². The van der Waals surface area contributed by atoms with Gasteiger partial charge in [-0.3, -0.25) is 4.79 Å². The van der Waals surface area contributed by atoms with E-state index in [9.17, 15) is 4.79 Å². The van der Waals surface area contributed by atoms with E-state index in [1.165, 1.54) is 6.42 Å². The molecule has 0 rings (SSSR count). The predicted octanol–water partition coefficient (Wildman–Crippen LogP) is 1.53. The Morgan fingerprint density at radius 1 is 1.70 bits per heavy atom. The molecule has 10 heavy (non-hydrogen) atoms. The van der Waals surface area contributed by atoms with Gasteiger partial charge < -0.3 is 4.74 Å². The summed E-state index contributed by atoms with van der Waals surface area (Å²) in [5.74, 6) is -0.263. The standard InChI is InChI=1S/C8H12O2/c1-3-5-6-7-8(9)10-4-2/h3,5,7H,1,4,6H2,2H3. The summed E-state index contributed by atoms with van der Waals surface area (Å²) in [6.45, 7) is 5.69. The smallest absolute Gasteiger partial charge is 0.310 e. The van der Waals surface area contributed by atoms with Crippen LogP contribution in [0.1, 0.15) is 13.3 Å². The molecule has 0 saturated carbocycles. The number of esters is 1. The summed E-state index contributed by atoms with van der Waals surface area (Å²) in [6.07, 6.45) is 5.51. The van der Waals surface area contributed by atoms with Crippen LogP contribution in [-0.2, 0) is 9.53 Å². The van der Waals surface area contributed by atoms with Gasteiger partial charge in [-0.05, 0) is 20.3 Å². The number of rotatable bonds is 4. The Balaban J connectivity index is 3.21. The van der Waals surface area contributed by atoms with Crippen molar-refractivity contribution in [3.63, 3.8) is 0 Å². The lowest BCUT2D eigenvalue weighted by Gasteiger charge is -1.96. The van der Waals surface area contributed by atoms with Crippen molar-refractivity contribution in [3.05, 3.63) is 25.5 Å². The first-order chi connectivity index (χ1) is 4.81. The summed E-state index contributed by atoms with van der Waals surface area (Å²) in [5, 5.41) is 0. The zero-order valence-electron chi connectivity index (χ0n) is 6.17. The fraction of sp³-hybridized carbons (Fsp3) is 0.375. The molecule has 0 aromatic heterocycles. The average Bonchev–Trinajstić information content (AvgIpc) is 1.89. The van der Waals surface area contributed by atoms with E-state index in [4.69, 9.17) is 0 Å². The van der Waals surface area contributed by atoms with Gasteiger partial charge >= 0.3 is 5.97 Å². The maximum absolute atomic E-state index is 10.6. The Morgan fingerprint density at radius 3 is 2.90 bits per heavy atom. The van der Waals surface area contributed by atoms with Crippen LogP contribution < -0.4 is 0 Å². The molecule has 0 bridgehead atoms. The van der Waals surface area contributed by atoms with Gasteiger partial charge in [-0.1, -0.05) is 12.2 Å². The molecule has 0 aromatic carbocycles. The summed E-state index contributed by atoms with van der Waals surface area (Å²) >= 11 is 0. The van der Waals surface area contributed by atoms with Crippen LogP contribution in [0.4, 0.5) is 0 Å². The van der Waals surface area contributed by atoms with Gasteiger partial charge in [0.1, 0.15) is 0 Å². The molecule has 0 saturated heterocycles. The van der Waals surface area contributed by atoms with Crippen molar-refractivity contribution < 1.29 is 9.53 Å². The van der Waals surface area contributed by atoms with Gasteiger partial charge in [0.2, 0.25) is 0 Å². The molecule has 0 atom stereocenters. The Hall–Kier alpha value is -0.790. The van der Waals surface area contributed by atoms with E-state index in [1.807, 2.05) is 0 Å². The van der Waals surface area contributed by atoms with Gasteiger partial charge in [0.05, 0.1) is 13.0 Å². The highest BCUT2D eigenvalue weighted by atomic mass is 16.5. The normalized spacial score (nSPS) is 10.2. The molecule has 0 heterocycles. The van der Waals surface area contributed by atoms with Crippen LogP contribution in [0.25, 0.3) is 0 Å². The van der Waals surface area contributed by atoms with Gasteiger partial charge in [0.25, 0.3) is 0 Å². The molecule has 0 fully saturated rings. The van der Waals surface area contributed by atoms with Crippen LogP contribution in [0.3, 0.4) is 0 Å². The summed E-state index contributed by atoms with van der Waals surface area (Å²) < 4.78 is 4.64. The minimum Gasteiger partial charge on any atom is -0.466 e. The van der Waals surface area contributed by atoms with Crippen LogP contribution in [0, 0.1) is 13.3 Å². The second-order valence-corrected chi connectivity index (χ2v) is 1.66. The van der Waals surface area contributed by atoms with Crippen LogP contribution in [0.5, 0.6) is 0 Å². The molecule has 0 unspecified atom stereocenters. The van der Waals surface area contributed by atoms with Crippen LogP contribution in [0.15, 0.2) is 12.2 Å². The molecule has 2 heteroatoms. The van der Waals surface area contributed by atoms with Gasteiger partial charge in [-0.2, -0.15) is 0 Å². The summed E-state index contributed by atoms with van der Waals surface area (Å²) in [4.78, 5) is 10.6. The molecule has 0 aliphatic carbocycles. The van der Waals surface area contributed by atoms with Crippen molar-refractivity contribution in [1.82, 2.24) is 0 Å². The first-order valence-electron chi connectivity index (χ1n) is 3.25. The molecule has 2 nitrogen and oxygen atoms in total. The molecule has 0 amide bonds. The van der Waals surface area contributed by atoms with Gasteiger partial charge in [0.15, 0.2) is 0 Å². The average molecular weight is 140 g/mol. The number of carbonyl (C=O) groups excluding carboxylic acids is 1. The van der Waals surface area contributed by atoms with E-state index < -0.39 is 0 Å². The Morgan fingerprint density at radius 2 is 2.40 bits per heavy atom. The highest BCUT2D eigenvalue weighted by Gasteiger charge is 1.97. The number of carbonyl (C=O) groups is 1. The van der Waals surface area contributed by atoms with Gasteiger partial charge in [-0.15, -0.1) is 0 Å². The molecule has 0 aromatic rings. The number of hydrogen-bond acceptors (Lipinski definition) is 2. The lowest BCUT2D eigenvalue weighted by Crippen LogP contribution is -2.03. The number of ether oxygens (including phenoxy) is 1. The van der Waals surface area contributed by atoms with E-state index in [2.05, 4.69) is 11.7 Å². The molecule has 0 aliphatic rings. The monoisotopic (exact) mass is 140 g/mol. The van der Waals surface area contributed by atoms with Crippen LogP contribution in [-0.4, -0.2) is 12.6 Å². The summed E-state index contributed by atoms with van der Waals surface area (Å²) in [5.41, 5.74) is 0. The molecule has 0 aliphatic heterocycles. The fourth-order valence-corrected chi connectivity index (χ4v) is 0.462. The third-order valence-corrected chi connectivity index (χ3v) is 0.874. The quantitative estimate of drug-likeness (QED) is 0.553. The number of hydrogen-bond donors (Lipinski definition) is 0. The third kappa shape index (κ3) is 5.35. The van der Waals surface area contributed by atoms with Crippen molar-refractivity contribution >= 4 is 5.97 Å². The highest BCUT2D eigenvalue weighted by Crippen LogP contribution is 1.91. The zero-order valence-corrected chi connectivity index (χ0v) is 6.17. The second kappa shape index (κ2) is 6.33. The summed E-state index contributed by atoms with van der Waals surface area (Å²) in [6, 6.07) is 0. The van der Waals surface area contributed by atoms with Crippen molar-refractivity contribution in [2.45, 2.75) is 13.3 Å². The Bertz CT molecular complexity index is 116. The summed E-state index contributed by atoms with van der Waals surface area (Å²) in [7, 11) is 0. The van der Waals surface area contributed by atoms with Crippen molar-refractivity contribution in [1.29, 1.82) is 0 Å². The lowest BCUT2D eigenvalue weighted by molar-refractivity contribution is -0.139. The predicted molar refractivity (Wildman–Crippen MR) is 40.0 cm³/mol. The molecular formula is C8H12O2. The van der Waals surface area contributed by atoms with E-state index in [0.29, 0.717) is 13.0 Å². The van der Waals surface area contributed by atoms with Gasteiger partial charge in [-0.25, -0.2) is 0 Å². The fourth-order valence-electron chi connectivity index (χ4n) is 0.462.